The SMILES string of the molecule is COCCCNC(=O)C(C)CS(=O)(=O)Nc1cccc(F)c1. The predicted molar refractivity (Wildman–Crippen MR) is 82.5 cm³/mol. The smallest absolute Gasteiger partial charge is 0.233 e. The topological polar surface area (TPSA) is 84.5 Å². The third-order valence-corrected chi connectivity index (χ3v) is 4.32. The molecule has 2 N–H and O–H groups in total. The van der Waals surface area contributed by atoms with Gasteiger partial charge >= 0.3 is 0 Å². The second kappa shape index (κ2) is 8.70. The Morgan fingerprint density at radius 2 is 2.14 bits per heavy atom. The van der Waals surface area contributed by atoms with Crippen molar-refractivity contribution in [2.45, 2.75) is 13.3 Å². The maximum Gasteiger partial charge on any atom is 0.233 e. The van der Waals surface area contributed by atoms with Crippen LogP contribution in [0.1, 0.15) is 13.3 Å². The molecule has 0 heterocycles. The monoisotopic (exact) mass is 332 g/mol. The van der Waals surface area contributed by atoms with Gasteiger partial charge in [0.2, 0.25) is 15.9 Å². The van der Waals surface area contributed by atoms with Crippen molar-refractivity contribution in [1.29, 1.82) is 0 Å². The molecule has 1 rings (SSSR count). The number of anilines is 1. The summed E-state index contributed by atoms with van der Waals surface area (Å²) in [4.78, 5) is 11.8. The average Bonchev–Trinajstić information content (AvgIpc) is 2.42. The summed E-state index contributed by atoms with van der Waals surface area (Å²) in [6.45, 7) is 2.47. The van der Waals surface area contributed by atoms with E-state index in [9.17, 15) is 17.6 Å². The minimum absolute atomic E-state index is 0.132. The number of rotatable bonds is 9. The Morgan fingerprint density at radius 1 is 1.41 bits per heavy atom. The Hall–Kier alpha value is -1.67. The highest BCUT2D eigenvalue weighted by Gasteiger charge is 2.21. The highest BCUT2D eigenvalue weighted by Crippen LogP contribution is 2.12. The quantitative estimate of drug-likeness (QED) is 0.669. The van der Waals surface area contributed by atoms with Gasteiger partial charge in [0.15, 0.2) is 0 Å². The fraction of sp³-hybridized carbons (Fsp3) is 0.500. The number of ether oxygens (including phenoxy) is 1. The molecule has 1 atom stereocenters. The molecule has 0 bridgehead atoms. The molecule has 0 aliphatic carbocycles. The van der Waals surface area contributed by atoms with Crippen LogP contribution in [0.25, 0.3) is 0 Å². The lowest BCUT2D eigenvalue weighted by molar-refractivity contribution is -0.123. The van der Waals surface area contributed by atoms with Crippen LogP contribution in [0.2, 0.25) is 0 Å². The molecule has 1 amide bonds. The molecule has 0 fully saturated rings. The average molecular weight is 332 g/mol. The highest BCUT2D eigenvalue weighted by molar-refractivity contribution is 7.92. The van der Waals surface area contributed by atoms with Crippen molar-refractivity contribution < 1.29 is 22.3 Å². The minimum atomic E-state index is -3.73. The first-order valence-corrected chi connectivity index (χ1v) is 8.52. The summed E-state index contributed by atoms with van der Waals surface area (Å²) >= 11 is 0. The van der Waals surface area contributed by atoms with Crippen LogP contribution in [0.3, 0.4) is 0 Å². The summed E-state index contributed by atoms with van der Waals surface area (Å²) in [5.41, 5.74) is 0.132. The van der Waals surface area contributed by atoms with Crippen LogP contribution in [-0.4, -0.2) is 40.3 Å². The second-order valence-corrected chi connectivity index (χ2v) is 6.70. The zero-order valence-electron chi connectivity index (χ0n) is 12.6. The molecule has 1 aromatic carbocycles. The van der Waals surface area contributed by atoms with Crippen LogP contribution in [0.15, 0.2) is 24.3 Å². The number of nitrogens with one attached hydrogen (secondary N) is 2. The van der Waals surface area contributed by atoms with E-state index in [1.165, 1.54) is 25.1 Å². The van der Waals surface area contributed by atoms with Gasteiger partial charge in [0, 0.05) is 20.3 Å². The number of benzene rings is 1. The van der Waals surface area contributed by atoms with Gasteiger partial charge in [-0.2, -0.15) is 0 Å². The number of hydrogen-bond acceptors (Lipinski definition) is 4. The number of amides is 1. The molecule has 0 aromatic heterocycles. The fourth-order valence-electron chi connectivity index (χ4n) is 1.78. The van der Waals surface area contributed by atoms with Crippen molar-refractivity contribution in [3.05, 3.63) is 30.1 Å². The Kier molecular flexibility index (Phi) is 7.26. The summed E-state index contributed by atoms with van der Waals surface area (Å²) in [5, 5.41) is 2.64. The van der Waals surface area contributed by atoms with E-state index >= 15 is 0 Å². The highest BCUT2D eigenvalue weighted by atomic mass is 32.2. The predicted octanol–water partition coefficient (Wildman–Crippen LogP) is 1.36. The van der Waals surface area contributed by atoms with Gasteiger partial charge in [-0.1, -0.05) is 13.0 Å². The molecule has 0 radical (unpaired) electrons. The molecule has 124 valence electrons. The molecule has 1 unspecified atom stereocenters. The van der Waals surface area contributed by atoms with E-state index in [1.807, 2.05) is 0 Å². The first-order chi connectivity index (χ1) is 10.3. The maximum absolute atomic E-state index is 13.0. The molecule has 0 saturated heterocycles. The van der Waals surface area contributed by atoms with E-state index in [2.05, 4.69) is 10.0 Å². The summed E-state index contributed by atoms with van der Waals surface area (Å²) in [5.74, 6) is -1.97. The molecule has 0 aliphatic rings. The van der Waals surface area contributed by atoms with Gasteiger partial charge in [-0.15, -0.1) is 0 Å². The number of carbonyl (C=O) groups excluding carboxylic acids is 1. The van der Waals surface area contributed by atoms with Crippen LogP contribution in [0.4, 0.5) is 10.1 Å². The van der Waals surface area contributed by atoms with Crippen molar-refractivity contribution in [3.63, 3.8) is 0 Å². The molecule has 0 spiro atoms. The first-order valence-electron chi connectivity index (χ1n) is 6.87. The van der Waals surface area contributed by atoms with Crippen LogP contribution in [0, 0.1) is 11.7 Å². The zero-order chi connectivity index (χ0) is 16.6. The van der Waals surface area contributed by atoms with Crippen LogP contribution < -0.4 is 10.0 Å². The van der Waals surface area contributed by atoms with E-state index in [0.29, 0.717) is 19.6 Å². The van der Waals surface area contributed by atoms with Crippen molar-refractivity contribution in [1.82, 2.24) is 5.32 Å². The lowest BCUT2D eigenvalue weighted by Crippen LogP contribution is -2.35. The van der Waals surface area contributed by atoms with Crippen molar-refractivity contribution in [3.8, 4) is 0 Å². The Labute approximate surface area is 130 Å². The Balaban J connectivity index is 2.51. The van der Waals surface area contributed by atoms with Crippen LogP contribution >= 0.6 is 0 Å². The zero-order valence-corrected chi connectivity index (χ0v) is 13.5. The molecule has 22 heavy (non-hydrogen) atoms. The Morgan fingerprint density at radius 3 is 2.77 bits per heavy atom. The fourth-order valence-corrected chi connectivity index (χ4v) is 3.16. The van der Waals surface area contributed by atoms with Crippen molar-refractivity contribution in [2.75, 3.05) is 30.7 Å². The van der Waals surface area contributed by atoms with Crippen LogP contribution in [-0.2, 0) is 19.6 Å². The molecule has 8 heteroatoms. The number of halogens is 1. The largest absolute Gasteiger partial charge is 0.385 e. The number of methoxy groups -OCH3 is 1. The molecule has 1 aromatic rings. The molecular formula is C14H21FN2O4S. The third-order valence-electron chi connectivity index (χ3n) is 2.84. The summed E-state index contributed by atoms with van der Waals surface area (Å²) < 4.78 is 44.1. The van der Waals surface area contributed by atoms with Gasteiger partial charge in [-0.05, 0) is 24.6 Å². The molecule has 6 nitrogen and oxygen atoms in total. The van der Waals surface area contributed by atoms with Gasteiger partial charge in [-0.25, -0.2) is 12.8 Å². The van der Waals surface area contributed by atoms with Crippen molar-refractivity contribution >= 4 is 21.6 Å². The third kappa shape index (κ3) is 6.86. The van der Waals surface area contributed by atoms with Gasteiger partial charge in [0.25, 0.3) is 0 Å². The lowest BCUT2D eigenvalue weighted by Gasteiger charge is -2.14. The van der Waals surface area contributed by atoms with Gasteiger partial charge in [0.1, 0.15) is 5.82 Å². The van der Waals surface area contributed by atoms with E-state index in [-0.39, 0.29) is 17.3 Å². The van der Waals surface area contributed by atoms with Crippen LogP contribution in [0.5, 0.6) is 0 Å². The number of sulfonamides is 1. The summed E-state index contributed by atoms with van der Waals surface area (Å²) in [7, 11) is -2.17. The first kappa shape index (κ1) is 18.4. The normalized spacial score (nSPS) is 12.7. The number of carbonyl (C=O) groups is 1. The summed E-state index contributed by atoms with van der Waals surface area (Å²) in [6, 6.07) is 5.14. The summed E-state index contributed by atoms with van der Waals surface area (Å²) in [6.07, 6.45) is 0.656. The Bertz CT molecular complexity index is 592. The minimum Gasteiger partial charge on any atom is -0.385 e. The van der Waals surface area contributed by atoms with E-state index < -0.39 is 21.8 Å². The molecular weight excluding hydrogens is 311 g/mol. The maximum atomic E-state index is 13.0. The van der Waals surface area contributed by atoms with E-state index in [4.69, 9.17) is 4.74 Å². The standard InChI is InChI=1S/C14H21FN2O4S/c1-11(14(18)16-7-4-8-21-2)10-22(19,20)17-13-6-3-5-12(15)9-13/h3,5-6,9,11,17H,4,7-8,10H2,1-2H3,(H,16,18). The van der Waals surface area contributed by atoms with Gasteiger partial charge in [0.05, 0.1) is 17.4 Å². The second-order valence-electron chi connectivity index (χ2n) is 4.93. The molecule has 0 saturated carbocycles. The molecule has 0 aliphatic heterocycles. The van der Waals surface area contributed by atoms with E-state index in [0.717, 1.165) is 6.07 Å². The van der Waals surface area contributed by atoms with Gasteiger partial charge in [-0.3, -0.25) is 9.52 Å². The van der Waals surface area contributed by atoms with Crippen molar-refractivity contribution in [2.24, 2.45) is 5.92 Å². The van der Waals surface area contributed by atoms with E-state index in [1.54, 1.807) is 7.11 Å². The van der Waals surface area contributed by atoms with Gasteiger partial charge < -0.3 is 10.1 Å². The lowest BCUT2D eigenvalue weighted by atomic mass is 10.2. The number of hydrogen-bond donors (Lipinski definition) is 2.